The van der Waals surface area contributed by atoms with Gasteiger partial charge in [-0.1, -0.05) is 30.3 Å². The average Bonchev–Trinajstić information content (AvgIpc) is 3.28. The monoisotopic (exact) mass is 431 g/mol. The first-order chi connectivity index (χ1) is 15.0. The maximum Gasteiger partial charge on any atom is 0.262 e. The van der Waals surface area contributed by atoms with Crippen LogP contribution in [0.2, 0.25) is 0 Å². The molecule has 0 unspecified atom stereocenters. The highest BCUT2D eigenvalue weighted by atomic mass is 32.1. The van der Waals surface area contributed by atoms with Crippen molar-refractivity contribution >= 4 is 29.0 Å². The Balaban J connectivity index is 1.46. The number of carbonyl (C=O) groups excluding carboxylic acids is 1. The Labute approximate surface area is 183 Å². The summed E-state index contributed by atoms with van der Waals surface area (Å²) in [4.78, 5) is 32.3. The van der Waals surface area contributed by atoms with Gasteiger partial charge in [0.15, 0.2) is 4.77 Å². The maximum atomic E-state index is 12.6. The molecule has 2 aromatic heterocycles. The Morgan fingerprint density at radius 2 is 1.97 bits per heavy atom. The summed E-state index contributed by atoms with van der Waals surface area (Å²) in [5.41, 5.74) is 2.93. The summed E-state index contributed by atoms with van der Waals surface area (Å²) in [6.45, 7) is 5.12. The van der Waals surface area contributed by atoms with E-state index in [4.69, 9.17) is 12.2 Å². The fraction of sp³-hybridized carbons (Fsp3) is 0.130. The lowest BCUT2D eigenvalue weighted by Crippen LogP contribution is -2.24. The van der Waals surface area contributed by atoms with E-state index in [9.17, 15) is 9.59 Å². The van der Waals surface area contributed by atoms with Gasteiger partial charge in [-0.15, -0.1) is 6.58 Å². The van der Waals surface area contributed by atoms with E-state index in [1.165, 1.54) is 4.57 Å². The summed E-state index contributed by atoms with van der Waals surface area (Å²) < 4.78 is 3.72. The quantitative estimate of drug-likeness (QED) is 0.347. The summed E-state index contributed by atoms with van der Waals surface area (Å²) in [6.07, 6.45) is 7.06. The molecule has 2 aromatic carbocycles. The van der Waals surface area contributed by atoms with E-state index < -0.39 is 0 Å². The number of fused-ring (bicyclic) bond motifs is 1. The maximum absolute atomic E-state index is 12.6. The van der Waals surface area contributed by atoms with Crippen LogP contribution in [0.3, 0.4) is 0 Å². The summed E-state index contributed by atoms with van der Waals surface area (Å²) in [6, 6.07) is 13.0. The molecule has 0 spiro atoms. The van der Waals surface area contributed by atoms with Gasteiger partial charge in [0.25, 0.3) is 11.5 Å². The van der Waals surface area contributed by atoms with Gasteiger partial charge < -0.3 is 14.9 Å². The summed E-state index contributed by atoms with van der Waals surface area (Å²) in [7, 11) is 0. The van der Waals surface area contributed by atoms with Crippen LogP contribution in [0.25, 0.3) is 10.9 Å². The number of hydrogen-bond donors (Lipinski definition) is 2. The lowest BCUT2D eigenvalue weighted by Gasteiger charge is -2.09. The third kappa shape index (κ3) is 4.54. The van der Waals surface area contributed by atoms with Gasteiger partial charge in [0.2, 0.25) is 0 Å². The lowest BCUT2D eigenvalue weighted by atomic mass is 10.1. The molecule has 0 aliphatic carbocycles. The third-order valence-electron chi connectivity index (χ3n) is 4.96. The first-order valence-corrected chi connectivity index (χ1v) is 10.2. The molecule has 4 rings (SSSR count). The highest BCUT2D eigenvalue weighted by molar-refractivity contribution is 7.71. The SMILES string of the molecule is C=CCn1c(=S)[nH]c2cc(C(=O)NCc3ccc(Cn4ccnc4)cc3)ccc2c1=O. The number of amides is 1. The molecule has 0 saturated carbocycles. The predicted octanol–water partition coefficient (Wildman–Crippen LogP) is 3.42. The van der Waals surface area contributed by atoms with E-state index in [-0.39, 0.29) is 11.5 Å². The second-order valence-electron chi connectivity index (χ2n) is 7.13. The van der Waals surface area contributed by atoms with Crippen molar-refractivity contribution in [2.75, 3.05) is 0 Å². The third-order valence-corrected chi connectivity index (χ3v) is 5.28. The fourth-order valence-electron chi connectivity index (χ4n) is 3.33. The van der Waals surface area contributed by atoms with Crippen molar-refractivity contribution in [2.45, 2.75) is 19.6 Å². The minimum absolute atomic E-state index is 0.207. The number of benzene rings is 2. The number of H-pyrrole nitrogens is 1. The van der Waals surface area contributed by atoms with Crippen LogP contribution in [0.15, 0.2) is 78.6 Å². The van der Waals surface area contributed by atoms with E-state index in [1.807, 2.05) is 35.0 Å². The van der Waals surface area contributed by atoms with Gasteiger partial charge in [-0.05, 0) is 41.5 Å². The summed E-state index contributed by atoms with van der Waals surface area (Å²) >= 11 is 5.26. The molecule has 2 heterocycles. The molecular formula is C23H21N5O2S. The summed E-state index contributed by atoms with van der Waals surface area (Å²) in [5.74, 6) is -0.223. The lowest BCUT2D eigenvalue weighted by molar-refractivity contribution is 0.0951. The Hall–Kier alpha value is -3.78. The molecule has 0 atom stereocenters. The average molecular weight is 432 g/mol. The van der Waals surface area contributed by atoms with Gasteiger partial charge in [0.1, 0.15) is 0 Å². The number of rotatable bonds is 7. The largest absolute Gasteiger partial charge is 0.348 e. The van der Waals surface area contributed by atoms with Crippen LogP contribution in [0.4, 0.5) is 0 Å². The molecule has 31 heavy (non-hydrogen) atoms. The predicted molar refractivity (Wildman–Crippen MR) is 123 cm³/mol. The molecule has 8 heteroatoms. The van der Waals surface area contributed by atoms with Crippen LogP contribution in [0, 0.1) is 4.77 Å². The minimum atomic E-state index is -0.223. The number of carbonyl (C=O) groups is 1. The van der Waals surface area contributed by atoms with Gasteiger partial charge in [-0.2, -0.15) is 0 Å². The minimum Gasteiger partial charge on any atom is -0.348 e. The van der Waals surface area contributed by atoms with Crippen LogP contribution in [0.1, 0.15) is 21.5 Å². The van der Waals surface area contributed by atoms with E-state index in [2.05, 4.69) is 21.9 Å². The first kappa shape index (κ1) is 20.5. The number of aromatic amines is 1. The van der Waals surface area contributed by atoms with Crippen molar-refractivity contribution in [1.29, 1.82) is 0 Å². The number of allylic oxidation sites excluding steroid dienone is 1. The number of aromatic nitrogens is 4. The number of imidazole rings is 1. The van der Waals surface area contributed by atoms with Crippen molar-refractivity contribution in [3.05, 3.63) is 106 Å². The molecule has 0 aliphatic rings. The summed E-state index contributed by atoms with van der Waals surface area (Å²) in [5, 5.41) is 3.39. The van der Waals surface area contributed by atoms with Crippen LogP contribution in [-0.2, 0) is 19.6 Å². The van der Waals surface area contributed by atoms with Gasteiger partial charge in [0, 0.05) is 37.6 Å². The molecule has 0 saturated heterocycles. The van der Waals surface area contributed by atoms with Gasteiger partial charge in [-0.25, -0.2) is 4.98 Å². The highest BCUT2D eigenvalue weighted by Crippen LogP contribution is 2.12. The van der Waals surface area contributed by atoms with Crippen LogP contribution in [0.5, 0.6) is 0 Å². The Morgan fingerprint density at radius 3 is 2.68 bits per heavy atom. The standard InChI is InChI=1S/C23H21N5O2S/c1-2-10-28-22(30)19-8-7-18(12-20(19)26-23(28)31)21(29)25-13-16-3-5-17(6-4-16)14-27-11-9-24-15-27/h2-9,11-12,15H,1,10,13-14H2,(H,25,29)(H,26,31). The molecule has 7 nitrogen and oxygen atoms in total. The molecule has 0 radical (unpaired) electrons. The molecule has 0 bridgehead atoms. The molecule has 156 valence electrons. The molecule has 0 fully saturated rings. The van der Waals surface area contributed by atoms with Crippen LogP contribution >= 0.6 is 12.2 Å². The zero-order chi connectivity index (χ0) is 21.8. The van der Waals surface area contributed by atoms with E-state index >= 15 is 0 Å². The van der Waals surface area contributed by atoms with Crippen molar-refractivity contribution < 1.29 is 4.79 Å². The van der Waals surface area contributed by atoms with E-state index in [0.29, 0.717) is 34.3 Å². The van der Waals surface area contributed by atoms with E-state index in [0.717, 1.165) is 17.7 Å². The molecule has 0 aliphatic heterocycles. The second-order valence-corrected chi connectivity index (χ2v) is 7.52. The van der Waals surface area contributed by atoms with Crippen molar-refractivity contribution in [2.24, 2.45) is 0 Å². The topological polar surface area (TPSA) is 84.7 Å². The Bertz CT molecular complexity index is 1350. The smallest absolute Gasteiger partial charge is 0.262 e. The molecular weight excluding hydrogens is 410 g/mol. The zero-order valence-corrected chi connectivity index (χ0v) is 17.6. The molecule has 1 amide bonds. The van der Waals surface area contributed by atoms with Crippen molar-refractivity contribution in [3.8, 4) is 0 Å². The molecule has 4 aromatic rings. The molecule has 2 N–H and O–H groups in total. The zero-order valence-electron chi connectivity index (χ0n) is 16.7. The number of nitrogens with zero attached hydrogens (tertiary/aromatic N) is 3. The van der Waals surface area contributed by atoms with Crippen molar-refractivity contribution in [1.82, 2.24) is 24.4 Å². The Morgan fingerprint density at radius 1 is 1.19 bits per heavy atom. The van der Waals surface area contributed by atoms with Gasteiger partial charge in [0.05, 0.1) is 17.2 Å². The van der Waals surface area contributed by atoms with Gasteiger partial charge >= 0.3 is 0 Å². The van der Waals surface area contributed by atoms with Gasteiger partial charge in [-0.3, -0.25) is 14.2 Å². The number of nitrogens with one attached hydrogen (secondary N) is 2. The second kappa shape index (κ2) is 8.93. The van der Waals surface area contributed by atoms with Crippen molar-refractivity contribution in [3.63, 3.8) is 0 Å². The number of hydrogen-bond acceptors (Lipinski definition) is 4. The Kier molecular flexibility index (Phi) is 5.90. The van der Waals surface area contributed by atoms with Crippen LogP contribution < -0.4 is 10.9 Å². The highest BCUT2D eigenvalue weighted by Gasteiger charge is 2.10. The van der Waals surface area contributed by atoms with Crippen LogP contribution in [-0.4, -0.2) is 25.0 Å². The fourth-order valence-corrected chi connectivity index (χ4v) is 3.60. The first-order valence-electron chi connectivity index (χ1n) is 9.74. The van der Waals surface area contributed by atoms with E-state index in [1.54, 1.807) is 36.8 Å². The normalized spacial score (nSPS) is 10.8.